The minimum absolute atomic E-state index is 0.106. The van der Waals surface area contributed by atoms with Gasteiger partial charge in [0.25, 0.3) is 0 Å². The first-order chi connectivity index (χ1) is 19.6. The Kier molecular flexibility index (Phi) is 6.17. The fourth-order valence-corrected chi connectivity index (χ4v) is 5.65. The van der Waals surface area contributed by atoms with Gasteiger partial charge in [-0.2, -0.15) is 4.98 Å². The van der Waals surface area contributed by atoms with Crippen molar-refractivity contribution in [3.8, 4) is 34.5 Å². The third-order valence-electron chi connectivity index (χ3n) is 7.83. The smallest absolute Gasteiger partial charge is 0.225 e. The molecule has 1 aliphatic carbocycles. The van der Waals surface area contributed by atoms with Crippen molar-refractivity contribution in [2.75, 3.05) is 38.7 Å². The summed E-state index contributed by atoms with van der Waals surface area (Å²) in [5.41, 5.74) is 3.58. The van der Waals surface area contributed by atoms with Gasteiger partial charge in [0.05, 0.1) is 18.1 Å². The summed E-state index contributed by atoms with van der Waals surface area (Å²) < 4.78 is 19.2. The Morgan fingerprint density at radius 1 is 1.05 bits per heavy atom. The van der Waals surface area contributed by atoms with Crippen LogP contribution in [-0.2, 0) is 4.79 Å². The molecule has 206 valence electrons. The number of fused-ring (bicyclic) bond motifs is 2. The number of hydrogen-bond donors (Lipinski definition) is 1. The molecule has 0 bridgehead atoms. The highest BCUT2D eigenvalue weighted by atomic mass is 16.6. The number of carbonyl (C=O) groups excluding carboxylic acids is 1. The topological polar surface area (TPSA) is 104 Å². The number of imidazole rings is 1. The Balaban J connectivity index is 1.26. The van der Waals surface area contributed by atoms with Crippen LogP contribution in [0, 0.1) is 12.8 Å². The zero-order chi connectivity index (χ0) is 27.2. The number of carbonyl (C=O) groups is 1. The van der Waals surface area contributed by atoms with Gasteiger partial charge in [0.1, 0.15) is 30.6 Å². The van der Waals surface area contributed by atoms with Crippen molar-refractivity contribution in [1.82, 2.24) is 24.4 Å². The molecule has 2 aliphatic heterocycles. The lowest BCUT2D eigenvalue weighted by Gasteiger charge is -2.33. The summed E-state index contributed by atoms with van der Waals surface area (Å²) in [6, 6.07) is 11.9. The number of aryl methyl sites for hydroxylation is 1. The van der Waals surface area contributed by atoms with Crippen molar-refractivity contribution in [1.29, 1.82) is 0 Å². The fraction of sp³-hybridized carbons (Fsp3) is 0.400. The van der Waals surface area contributed by atoms with Crippen molar-refractivity contribution in [3.63, 3.8) is 0 Å². The van der Waals surface area contributed by atoms with E-state index in [4.69, 9.17) is 24.2 Å². The van der Waals surface area contributed by atoms with Gasteiger partial charge in [0, 0.05) is 42.9 Å². The van der Waals surface area contributed by atoms with E-state index in [9.17, 15) is 4.79 Å². The molecule has 4 aromatic rings. The molecule has 10 heteroatoms. The van der Waals surface area contributed by atoms with Gasteiger partial charge in [0.15, 0.2) is 11.5 Å². The molecule has 1 N–H and O–H groups in total. The van der Waals surface area contributed by atoms with Gasteiger partial charge < -0.3 is 24.4 Å². The summed E-state index contributed by atoms with van der Waals surface area (Å²) >= 11 is 0. The Labute approximate surface area is 232 Å². The lowest BCUT2D eigenvalue weighted by molar-refractivity contribution is -0.133. The zero-order valence-corrected chi connectivity index (χ0v) is 22.7. The number of anilines is 1. The molecular weight excluding hydrogens is 508 g/mol. The molecule has 1 saturated carbocycles. The summed E-state index contributed by atoms with van der Waals surface area (Å²) in [7, 11) is 1.67. The molecule has 1 atom stereocenters. The summed E-state index contributed by atoms with van der Waals surface area (Å²) in [6.45, 7) is 4.57. The number of ether oxygens (including phenoxy) is 3. The van der Waals surface area contributed by atoms with Crippen LogP contribution in [0.2, 0.25) is 0 Å². The highest BCUT2D eigenvalue weighted by Gasteiger charge is 2.35. The molecule has 2 aromatic carbocycles. The van der Waals surface area contributed by atoms with Crippen molar-refractivity contribution in [2.45, 2.75) is 38.6 Å². The number of aromatic nitrogens is 4. The SMILES string of the molecule is COc1cc2nc(-c3ccc4c(c3)OCCO4)n(-c3ccnc(N[C@@H]4CCCN(C(=O)C5CC5)C4)n3)c2cc1C. The molecule has 10 nitrogen and oxygen atoms in total. The van der Waals surface area contributed by atoms with Crippen molar-refractivity contribution in [3.05, 3.63) is 48.2 Å². The fourth-order valence-electron chi connectivity index (χ4n) is 5.65. The van der Waals surface area contributed by atoms with E-state index >= 15 is 0 Å². The van der Waals surface area contributed by atoms with Gasteiger partial charge >= 0.3 is 0 Å². The second-order valence-corrected chi connectivity index (χ2v) is 10.7. The van der Waals surface area contributed by atoms with Gasteiger partial charge in [-0.15, -0.1) is 0 Å². The molecule has 0 radical (unpaired) electrons. The maximum Gasteiger partial charge on any atom is 0.225 e. The standard InChI is InChI=1S/C30H32N6O4/c1-18-14-23-22(16-25(18)38-2)33-28(20-7-8-24-26(15-20)40-13-12-39-24)36(23)27-9-10-31-30(34-27)32-21-4-3-11-35(17-21)29(37)19-5-6-19/h7-10,14-16,19,21H,3-6,11-13,17H2,1-2H3,(H,31,32,34)/t21-/m1/s1. The lowest BCUT2D eigenvalue weighted by Crippen LogP contribution is -2.45. The number of hydrogen-bond acceptors (Lipinski definition) is 8. The van der Waals surface area contributed by atoms with Crippen LogP contribution < -0.4 is 19.5 Å². The molecular formula is C30H32N6O4. The molecule has 1 amide bonds. The van der Waals surface area contributed by atoms with Gasteiger partial charge in [-0.1, -0.05) is 0 Å². The largest absolute Gasteiger partial charge is 0.496 e. The molecule has 2 aromatic heterocycles. The highest BCUT2D eigenvalue weighted by molar-refractivity contribution is 5.85. The predicted molar refractivity (Wildman–Crippen MR) is 150 cm³/mol. The van der Waals surface area contributed by atoms with Gasteiger partial charge in [-0.25, -0.2) is 9.97 Å². The van der Waals surface area contributed by atoms with Crippen LogP contribution in [0.1, 0.15) is 31.2 Å². The van der Waals surface area contributed by atoms with E-state index in [0.717, 1.165) is 71.7 Å². The summed E-state index contributed by atoms with van der Waals surface area (Å²) in [6.07, 6.45) is 5.74. The van der Waals surface area contributed by atoms with Crippen LogP contribution in [0.15, 0.2) is 42.6 Å². The molecule has 0 unspecified atom stereocenters. The van der Waals surface area contributed by atoms with Crippen LogP contribution in [0.4, 0.5) is 5.95 Å². The summed E-state index contributed by atoms with van der Waals surface area (Å²) in [5, 5.41) is 3.50. The minimum atomic E-state index is 0.106. The maximum atomic E-state index is 12.7. The number of nitrogens with one attached hydrogen (secondary N) is 1. The molecule has 40 heavy (non-hydrogen) atoms. The second-order valence-electron chi connectivity index (χ2n) is 10.7. The van der Waals surface area contributed by atoms with E-state index in [1.165, 1.54) is 0 Å². The predicted octanol–water partition coefficient (Wildman–Crippen LogP) is 4.38. The van der Waals surface area contributed by atoms with Crippen LogP contribution in [0.25, 0.3) is 28.2 Å². The van der Waals surface area contributed by atoms with Crippen molar-refractivity contribution >= 4 is 22.9 Å². The van der Waals surface area contributed by atoms with Crippen molar-refractivity contribution < 1.29 is 19.0 Å². The molecule has 0 spiro atoms. The Morgan fingerprint density at radius 2 is 1.90 bits per heavy atom. The van der Waals surface area contributed by atoms with E-state index in [1.807, 2.05) is 46.7 Å². The monoisotopic (exact) mass is 540 g/mol. The molecule has 4 heterocycles. The van der Waals surface area contributed by atoms with Gasteiger partial charge in [-0.3, -0.25) is 9.36 Å². The number of rotatable bonds is 6. The maximum absolute atomic E-state index is 12.7. The molecule has 7 rings (SSSR count). The van der Waals surface area contributed by atoms with Gasteiger partial charge in [-0.05, 0) is 68.5 Å². The third-order valence-corrected chi connectivity index (χ3v) is 7.83. The summed E-state index contributed by atoms with van der Waals surface area (Å²) in [5.74, 6) is 4.67. The number of benzene rings is 2. The Morgan fingerprint density at radius 3 is 2.73 bits per heavy atom. The van der Waals surface area contributed by atoms with E-state index in [2.05, 4.69) is 16.4 Å². The average molecular weight is 541 g/mol. The normalized spacial score (nSPS) is 18.6. The van der Waals surface area contributed by atoms with Crippen LogP contribution >= 0.6 is 0 Å². The van der Waals surface area contributed by atoms with E-state index in [1.54, 1.807) is 13.3 Å². The van der Waals surface area contributed by atoms with Crippen LogP contribution in [0.3, 0.4) is 0 Å². The Bertz CT molecular complexity index is 1600. The van der Waals surface area contributed by atoms with E-state index < -0.39 is 0 Å². The lowest BCUT2D eigenvalue weighted by atomic mass is 10.1. The first-order valence-electron chi connectivity index (χ1n) is 13.9. The Hall–Kier alpha value is -4.34. The zero-order valence-electron chi connectivity index (χ0n) is 22.7. The quantitative estimate of drug-likeness (QED) is 0.384. The van der Waals surface area contributed by atoms with Crippen LogP contribution in [-0.4, -0.2) is 69.8 Å². The molecule has 3 aliphatic rings. The number of likely N-dealkylation sites (tertiary alicyclic amines) is 1. The number of piperidine rings is 1. The number of nitrogens with zero attached hydrogens (tertiary/aromatic N) is 5. The summed E-state index contributed by atoms with van der Waals surface area (Å²) in [4.78, 5) is 29.1. The van der Waals surface area contributed by atoms with Crippen LogP contribution in [0.5, 0.6) is 17.2 Å². The second kappa shape index (κ2) is 10.0. The van der Waals surface area contributed by atoms with Gasteiger partial charge in [0.2, 0.25) is 11.9 Å². The average Bonchev–Trinajstić information content (AvgIpc) is 3.77. The first-order valence-corrected chi connectivity index (χ1v) is 13.9. The number of methoxy groups -OCH3 is 1. The van der Waals surface area contributed by atoms with E-state index in [-0.39, 0.29) is 12.0 Å². The molecule has 2 fully saturated rings. The number of amides is 1. The minimum Gasteiger partial charge on any atom is -0.496 e. The van der Waals surface area contributed by atoms with Crippen molar-refractivity contribution in [2.24, 2.45) is 5.92 Å². The third kappa shape index (κ3) is 4.57. The highest BCUT2D eigenvalue weighted by Crippen LogP contribution is 2.37. The first kappa shape index (κ1) is 24.7. The molecule has 1 saturated heterocycles. The van der Waals surface area contributed by atoms with E-state index in [0.29, 0.717) is 43.2 Å².